The molecule has 0 fully saturated rings. The average Bonchev–Trinajstić information content (AvgIpc) is 2.84. The SMILES string of the molecule is CCC(C)n1ccc(CNCC(C)(C)CCCCl)n1. The van der Waals surface area contributed by atoms with Gasteiger partial charge >= 0.3 is 0 Å². The van der Waals surface area contributed by atoms with E-state index in [0.29, 0.717) is 11.5 Å². The molecule has 1 aromatic heterocycles. The molecule has 0 spiro atoms. The quantitative estimate of drug-likeness (QED) is 0.695. The zero-order valence-corrected chi connectivity index (χ0v) is 13.5. The first-order valence-corrected chi connectivity index (χ1v) is 7.82. The van der Waals surface area contributed by atoms with Crippen LogP contribution in [0.1, 0.15) is 58.7 Å². The smallest absolute Gasteiger partial charge is 0.0762 e. The second kappa shape index (κ2) is 7.91. The predicted molar refractivity (Wildman–Crippen MR) is 82.7 cm³/mol. The monoisotopic (exact) mass is 285 g/mol. The number of aromatic nitrogens is 2. The van der Waals surface area contributed by atoms with Crippen molar-refractivity contribution >= 4 is 11.6 Å². The molecule has 19 heavy (non-hydrogen) atoms. The Morgan fingerprint density at radius 1 is 1.47 bits per heavy atom. The van der Waals surface area contributed by atoms with Gasteiger partial charge in [-0.3, -0.25) is 4.68 Å². The topological polar surface area (TPSA) is 29.9 Å². The highest BCUT2D eigenvalue weighted by molar-refractivity contribution is 6.17. The fourth-order valence-electron chi connectivity index (χ4n) is 2.07. The zero-order valence-electron chi connectivity index (χ0n) is 12.7. The van der Waals surface area contributed by atoms with Crippen molar-refractivity contribution in [3.63, 3.8) is 0 Å². The Morgan fingerprint density at radius 2 is 2.21 bits per heavy atom. The van der Waals surface area contributed by atoms with E-state index < -0.39 is 0 Å². The number of rotatable bonds is 9. The maximum Gasteiger partial charge on any atom is 0.0762 e. The normalized spacial score (nSPS) is 13.7. The van der Waals surface area contributed by atoms with Crippen LogP contribution in [0.4, 0.5) is 0 Å². The molecule has 0 saturated heterocycles. The largest absolute Gasteiger partial charge is 0.311 e. The van der Waals surface area contributed by atoms with Gasteiger partial charge in [0.25, 0.3) is 0 Å². The van der Waals surface area contributed by atoms with E-state index in [-0.39, 0.29) is 0 Å². The molecule has 0 radical (unpaired) electrons. The number of hydrogen-bond donors (Lipinski definition) is 1. The summed E-state index contributed by atoms with van der Waals surface area (Å²) in [5.74, 6) is 0.753. The number of alkyl halides is 1. The van der Waals surface area contributed by atoms with Crippen LogP contribution in [0, 0.1) is 5.41 Å². The second-order valence-electron chi connectivity index (χ2n) is 6.10. The molecular formula is C15H28ClN3. The van der Waals surface area contributed by atoms with Crippen molar-refractivity contribution in [1.82, 2.24) is 15.1 Å². The lowest BCUT2D eigenvalue weighted by molar-refractivity contribution is 0.310. The van der Waals surface area contributed by atoms with E-state index in [2.05, 4.69) is 55.1 Å². The molecule has 0 aliphatic carbocycles. The van der Waals surface area contributed by atoms with Crippen molar-refractivity contribution in [2.45, 2.75) is 59.5 Å². The molecule has 1 N–H and O–H groups in total. The number of nitrogens with zero attached hydrogens (tertiary/aromatic N) is 2. The standard InChI is InChI=1S/C15H28ClN3/c1-5-13(2)19-10-7-14(18-19)11-17-12-15(3,4)8-6-9-16/h7,10,13,17H,5-6,8-9,11-12H2,1-4H3. The zero-order chi connectivity index (χ0) is 14.3. The first kappa shape index (κ1) is 16.5. The van der Waals surface area contributed by atoms with Crippen LogP contribution in [0.15, 0.2) is 12.3 Å². The van der Waals surface area contributed by atoms with Crippen LogP contribution in [0.5, 0.6) is 0 Å². The van der Waals surface area contributed by atoms with Crippen LogP contribution in [0.2, 0.25) is 0 Å². The Bertz CT molecular complexity index is 360. The van der Waals surface area contributed by atoms with E-state index in [4.69, 9.17) is 11.6 Å². The van der Waals surface area contributed by atoms with Crippen molar-refractivity contribution in [2.24, 2.45) is 5.41 Å². The highest BCUT2D eigenvalue weighted by Crippen LogP contribution is 2.21. The van der Waals surface area contributed by atoms with Crippen molar-refractivity contribution < 1.29 is 0 Å². The molecule has 0 aromatic carbocycles. The first-order chi connectivity index (χ1) is 8.98. The lowest BCUT2D eigenvalue weighted by Gasteiger charge is -2.24. The van der Waals surface area contributed by atoms with Crippen molar-refractivity contribution in [2.75, 3.05) is 12.4 Å². The fourth-order valence-corrected chi connectivity index (χ4v) is 2.20. The summed E-state index contributed by atoms with van der Waals surface area (Å²) in [6.07, 6.45) is 5.42. The highest BCUT2D eigenvalue weighted by atomic mass is 35.5. The van der Waals surface area contributed by atoms with E-state index in [1.165, 1.54) is 0 Å². The summed E-state index contributed by atoms with van der Waals surface area (Å²) >= 11 is 5.75. The third kappa shape index (κ3) is 5.96. The maximum atomic E-state index is 5.75. The summed E-state index contributed by atoms with van der Waals surface area (Å²) in [6.45, 7) is 10.8. The molecule has 1 unspecified atom stereocenters. The minimum absolute atomic E-state index is 0.300. The third-order valence-corrected chi connectivity index (χ3v) is 3.87. The summed E-state index contributed by atoms with van der Waals surface area (Å²) in [5, 5.41) is 8.10. The lowest BCUT2D eigenvalue weighted by Crippen LogP contribution is -2.29. The Hall–Kier alpha value is -0.540. The Morgan fingerprint density at radius 3 is 2.84 bits per heavy atom. The van der Waals surface area contributed by atoms with Crippen LogP contribution in [-0.4, -0.2) is 22.2 Å². The summed E-state index contributed by atoms with van der Waals surface area (Å²) in [4.78, 5) is 0. The minimum atomic E-state index is 0.300. The lowest BCUT2D eigenvalue weighted by atomic mass is 9.88. The van der Waals surface area contributed by atoms with Crippen LogP contribution in [-0.2, 0) is 6.54 Å². The fraction of sp³-hybridized carbons (Fsp3) is 0.800. The van der Waals surface area contributed by atoms with E-state index >= 15 is 0 Å². The van der Waals surface area contributed by atoms with Crippen LogP contribution < -0.4 is 5.32 Å². The van der Waals surface area contributed by atoms with Gasteiger partial charge in [0.15, 0.2) is 0 Å². The van der Waals surface area contributed by atoms with Crippen LogP contribution in [0.3, 0.4) is 0 Å². The molecule has 110 valence electrons. The summed E-state index contributed by atoms with van der Waals surface area (Å²) in [7, 11) is 0. The van der Waals surface area contributed by atoms with Gasteiger partial charge in [0.1, 0.15) is 0 Å². The molecule has 0 saturated carbocycles. The molecule has 1 rings (SSSR count). The molecule has 0 amide bonds. The molecule has 3 nitrogen and oxygen atoms in total. The van der Waals surface area contributed by atoms with Gasteiger partial charge in [0.2, 0.25) is 0 Å². The van der Waals surface area contributed by atoms with E-state index in [9.17, 15) is 0 Å². The van der Waals surface area contributed by atoms with Gasteiger partial charge in [-0.05, 0) is 37.7 Å². The molecule has 1 heterocycles. The number of halogens is 1. The Labute approximate surface area is 122 Å². The van der Waals surface area contributed by atoms with E-state index in [1.807, 2.05) is 0 Å². The van der Waals surface area contributed by atoms with Crippen molar-refractivity contribution in [1.29, 1.82) is 0 Å². The van der Waals surface area contributed by atoms with Crippen molar-refractivity contribution in [3.05, 3.63) is 18.0 Å². The van der Waals surface area contributed by atoms with Gasteiger partial charge in [-0.15, -0.1) is 11.6 Å². The Kier molecular flexibility index (Phi) is 6.87. The predicted octanol–water partition coefficient (Wildman–Crippen LogP) is 3.99. The summed E-state index contributed by atoms with van der Waals surface area (Å²) in [6, 6.07) is 2.58. The molecule has 0 bridgehead atoms. The first-order valence-electron chi connectivity index (χ1n) is 7.29. The molecule has 1 aromatic rings. The van der Waals surface area contributed by atoms with Crippen molar-refractivity contribution in [3.8, 4) is 0 Å². The maximum absolute atomic E-state index is 5.75. The molecule has 4 heteroatoms. The van der Waals surface area contributed by atoms with Gasteiger partial charge in [0.05, 0.1) is 5.69 Å². The molecule has 0 aliphatic heterocycles. The van der Waals surface area contributed by atoms with Gasteiger partial charge in [0, 0.05) is 31.2 Å². The van der Waals surface area contributed by atoms with Gasteiger partial charge in [-0.2, -0.15) is 5.10 Å². The van der Waals surface area contributed by atoms with Gasteiger partial charge in [-0.1, -0.05) is 20.8 Å². The van der Waals surface area contributed by atoms with E-state index in [0.717, 1.165) is 43.9 Å². The van der Waals surface area contributed by atoms with Gasteiger partial charge in [-0.25, -0.2) is 0 Å². The third-order valence-electron chi connectivity index (χ3n) is 3.60. The summed E-state index contributed by atoms with van der Waals surface area (Å²) in [5.41, 5.74) is 1.42. The number of hydrogen-bond acceptors (Lipinski definition) is 2. The van der Waals surface area contributed by atoms with Gasteiger partial charge < -0.3 is 5.32 Å². The van der Waals surface area contributed by atoms with Crippen LogP contribution >= 0.6 is 11.6 Å². The highest BCUT2D eigenvalue weighted by Gasteiger charge is 2.16. The second-order valence-corrected chi connectivity index (χ2v) is 6.48. The molecule has 1 atom stereocenters. The van der Waals surface area contributed by atoms with Crippen LogP contribution in [0.25, 0.3) is 0 Å². The molecule has 0 aliphatic rings. The molecular weight excluding hydrogens is 258 g/mol. The van der Waals surface area contributed by atoms with E-state index in [1.54, 1.807) is 0 Å². The summed E-state index contributed by atoms with van der Waals surface area (Å²) < 4.78 is 2.05. The minimum Gasteiger partial charge on any atom is -0.311 e. The number of nitrogens with one attached hydrogen (secondary N) is 1. The average molecular weight is 286 g/mol. The Balaban J connectivity index is 2.34.